The van der Waals surface area contributed by atoms with Gasteiger partial charge in [0.15, 0.2) is 0 Å². The third-order valence-corrected chi connectivity index (χ3v) is 7.80. The Hall–Kier alpha value is -1.73. The summed E-state index contributed by atoms with van der Waals surface area (Å²) in [5.74, 6) is 0. The van der Waals surface area contributed by atoms with Gasteiger partial charge in [0, 0.05) is 41.6 Å². The molecule has 2 aliphatic rings. The molecule has 2 aromatic heterocycles. The van der Waals surface area contributed by atoms with Gasteiger partial charge in [-0.05, 0) is 68.2 Å². The van der Waals surface area contributed by atoms with Crippen molar-refractivity contribution in [3.05, 3.63) is 58.7 Å². The summed E-state index contributed by atoms with van der Waals surface area (Å²) in [4.78, 5) is 8.25. The van der Waals surface area contributed by atoms with Crippen molar-refractivity contribution in [1.82, 2.24) is 9.88 Å². The summed E-state index contributed by atoms with van der Waals surface area (Å²) in [6.45, 7) is 11.5. The SMILES string of the molecule is CC1(C)OB(c2ccc3sc4c(c3c2)CCN(Cc2cccnc2)C4)OC1(C)C. The highest BCUT2D eigenvalue weighted by atomic mass is 32.1. The second-order valence-electron chi connectivity index (χ2n) is 9.17. The second-order valence-corrected chi connectivity index (χ2v) is 10.3. The van der Waals surface area contributed by atoms with Crippen LogP contribution in [-0.2, 0) is 28.8 Å². The van der Waals surface area contributed by atoms with E-state index in [9.17, 15) is 0 Å². The Balaban J connectivity index is 1.40. The molecule has 0 radical (unpaired) electrons. The van der Waals surface area contributed by atoms with Gasteiger partial charge in [-0.1, -0.05) is 18.2 Å². The van der Waals surface area contributed by atoms with E-state index in [0.29, 0.717) is 0 Å². The zero-order chi connectivity index (χ0) is 20.2. The largest absolute Gasteiger partial charge is 0.494 e. The quantitative estimate of drug-likeness (QED) is 0.612. The zero-order valence-electron chi connectivity index (χ0n) is 17.6. The van der Waals surface area contributed by atoms with E-state index >= 15 is 0 Å². The first-order valence-corrected chi connectivity index (χ1v) is 11.2. The molecule has 0 amide bonds. The van der Waals surface area contributed by atoms with Gasteiger partial charge in [-0.3, -0.25) is 9.88 Å². The van der Waals surface area contributed by atoms with Gasteiger partial charge < -0.3 is 9.31 Å². The Kier molecular flexibility index (Phi) is 4.59. The maximum Gasteiger partial charge on any atom is 0.494 e. The number of benzene rings is 1. The summed E-state index contributed by atoms with van der Waals surface area (Å²) in [5.41, 5.74) is 3.28. The van der Waals surface area contributed by atoms with Crippen LogP contribution in [0.4, 0.5) is 0 Å². The standard InChI is InChI=1S/C23H27BN2O2S/c1-22(2)23(3,4)28-24(27-22)17-7-8-20-19(12-17)18-9-11-26(15-21(18)29-20)14-16-6-5-10-25-13-16/h5-8,10,12-13H,9,11,14-15H2,1-4H3. The third-order valence-electron chi connectivity index (χ3n) is 6.60. The minimum atomic E-state index is -0.312. The van der Waals surface area contributed by atoms with Crippen LogP contribution < -0.4 is 5.46 Å². The van der Waals surface area contributed by atoms with E-state index in [2.05, 4.69) is 61.8 Å². The van der Waals surface area contributed by atoms with Crippen molar-refractivity contribution < 1.29 is 9.31 Å². The van der Waals surface area contributed by atoms with Crippen LogP contribution in [0, 0.1) is 0 Å². The summed E-state index contributed by atoms with van der Waals surface area (Å²) in [7, 11) is -0.300. The summed E-state index contributed by atoms with van der Waals surface area (Å²) >= 11 is 1.93. The van der Waals surface area contributed by atoms with Crippen LogP contribution in [0.5, 0.6) is 0 Å². The molecule has 4 heterocycles. The molecular weight excluding hydrogens is 379 g/mol. The minimum absolute atomic E-state index is 0.300. The molecule has 0 spiro atoms. The number of nitrogens with zero attached hydrogens (tertiary/aromatic N) is 2. The monoisotopic (exact) mass is 406 g/mol. The lowest BCUT2D eigenvalue weighted by Crippen LogP contribution is -2.41. The summed E-state index contributed by atoms with van der Waals surface area (Å²) < 4.78 is 13.9. The summed E-state index contributed by atoms with van der Waals surface area (Å²) in [5, 5.41) is 1.37. The molecule has 0 aliphatic carbocycles. The Morgan fingerprint density at radius 3 is 2.66 bits per heavy atom. The fourth-order valence-electron chi connectivity index (χ4n) is 4.18. The van der Waals surface area contributed by atoms with E-state index in [0.717, 1.165) is 31.5 Å². The lowest BCUT2D eigenvalue weighted by atomic mass is 9.78. The average molecular weight is 406 g/mol. The third kappa shape index (κ3) is 3.42. The van der Waals surface area contributed by atoms with Crippen molar-refractivity contribution >= 4 is 34.0 Å². The maximum absolute atomic E-state index is 6.27. The van der Waals surface area contributed by atoms with Crippen LogP contribution in [0.1, 0.15) is 43.7 Å². The zero-order valence-corrected chi connectivity index (χ0v) is 18.4. The molecule has 150 valence electrons. The first-order valence-electron chi connectivity index (χ1n) is 10.3. The van der Waals surface area contributed by atoms with Crippen molar-refractivity contribution in [2.45, 2.75) is 58.4 Å². The lowest BCUT2D eigenvalue weighted by molar-refractivity contribution is 0.00578. The second kappa shape index (κ2) is 6.91. The van der Waals surface area contributed by atoms with E-state index in [-0.39, 0.29) is 18.3 Å². The van der Waals surface area contributed by atoms with Crippen LogP contribution >= 0.6 is 11.3 Å². The molecule has 4 nitrogen and oxygen atoms in total. The molecule has 0 bridgehead atoms. The van der Waals surface area contributed by atoms with Crippen LogP contribution in [-0.4, -0.2) is 34.7 Å². The molecule has 3 aromatic rings. The van der Waals surface area contributed by atoms with Gasteiger partial charge in [0.05, 0.1) is 11.2 Å². The van der Waals surface area contributed by atoms with E-state index in [1.807, 2.05) is 29.8 Å². The number of rotatable bonds is 3. The molecule has 2 aliphatic heterocycles. The molecule has 1 saturated heterocycles. The van der Waals surface area contributed by atoms with Gasteiger partial charge >= 0.3 is 7.12 Å². The predicted molar refractivity (Wildman–Crippen MR) is 120 cm³/mol. The van der Waals surface area contributed by atoms with Crippen molar-refractivity contribution in [2.75, 3.05) is 6.54 Å². The van der Waals surface area contributed by atoms with E-state index in [4.69, 9.17) is 9.31 Å². The van der Waals surface area contributed by atoms with Crippen molar-refractivity contribution in [2.24, 2.45) is 0 Å². The van der Waals surface area contributed by atoms with Gasteiger partial charge in [-0.25, -0.2) is 0 Å². The molecule has 0 saturated carbocycles. The fraction of sp³-hybridized carbons (Fsp3) is 0.435. The number of fused-ring (bicyclic) bond motifs is 3. The van der Waals surface area contributed by atoms with Crippen LogP contribution in [0.3, 0.4) is 0 Å². The van der Waals surface area contributed by atoms with Crippen molar-refractivity contribution in [3.63, 3.8) is 0 Å². The lowest BCUT2D eigenvalue weighted by Gasteiger charge is -2.32. The molecule has 5 rings (SSSR count). The van der Waals surface area contributed by atoms with Crippen LogP contribution in [0.15, 0.2) is 42.7 Å². The Bertz CT molecular complexity index is 1030. The Morgan fingerprint density at radius 1 is 1.14 bits per heavy atom. The average Bonchev–Trinajstić information content (AvgIpc) is 3.15. The smallest absolute Gasteiger partial charge is 0.399 e. The highest BCUT2D eigenvalue weighted by Crippen LogP contribution is 2.38. The number of hydrogen-bond acceptors (Lipinski definition) is 5. The number of hydrogen-bond donors (Lipinski definition) is 0. The normalized spacial score (nSPS) is 20.9. The molecule has 0 atom stereocenters. The topological polar surface area (TPSA) is 34.6 Å². The predicted octanol–water partition coefficient (Wildman–Crippen LogP) is 4.15. The summed E-state index contributed by atoms with van der Waals surface area (Å²) in [6, 6.07) is 10.9. The van der Waals surface area contributed by atoms with E-state index in [1.54, 1.807) is 0 Å². The van der Waals surface area contributed by atoms with Gasteiger partial charge in [0.1, 0.15) is 0 Å². The van der Waals surface area contributed by atoms with Gasteiger partial charge in [0.2, 0.25) is 0 Å². The highest BCUT2D eigenvalue weighted by molar-refractivity contribution is 7.19. The molecule has 0 unspecified atom stereocenters. The molecule has 0 N–H and O–H groups in total. The molecule has 29 heavy (non-hydrogen) atoms. The number of thiophene rings is 1. The van der Waals surface area contributed by atoms with E-state index in [1.165, 1.54) is 26.1 Å². The van der Waals surface area contributed by atoms with Crippen molar-refractivity contribution in [1.29, 1.82) is 0 Å². The van der Waals surface area contributed by atoms with Crippen molar-refractivity contribution in [3.8, 4) is 0 Å². The Labute approximate surface area is 177 Å². The molecular formula is C23H27BN2O2S. The molecule has 1 fully saturated rings. The van der Waals surface area contributed by atoms with Gasteiger partial charge in [-0.2, -0.15) is 0 Å². The fourth-order valence-corrected chi connectivity index (χ4v) is 5.46. The number of aromatic nitrogens is 1. The van der Waals surface area contributed by atoms with Crippen LogP contribution in [0.25, 0.3) is 10.1 Å². The van der Waals surface area contributed by atoms with E-state index < -0.39 is 0 Å². The van der Waals surface area contributed by atoms with Crippen LogP contribution in [0.2, 0.25) is 0 Å². The first kappa shape index (κ1) is 19.3. The number of pyridine rings is 1. The van der Waals surface area contributed by atoms with Gasteiger partial charge in [-0.15, -0.1) is 11.3 Å². The minimum Gasteiger partial charge on any atom is -0.399 e. The first-order chi connectivity index (χ1) is 13.8. The summed E-state index contributed by atoms with van der Waals surface area (Å²) in [6.07, 6.45) is 4.89. The Morgan fingerprint density at radius 2 is 1.93 bits per heavy atom. The molecule has 1 aromatic carbocycles. The highest BCUT2D eigenvalue weighted by Gasteiger charge is 2.51. The maximum atomic E-state index is 6.27. The molecule has 6 heteroatoms. The van der Waals surface area contributed by atoms with Gasteiger partial charge in [0.25, 0.3) is 0 Å².